The Labute approximate surface area is 290 Å². The predicted molar refractivity (Wildman–Crippen MR) is 190 cm³/mol. The summed E-state index contributed by atoms with van der Waals surface area (Å²) in [6, 6.07) is 12.5. The summed E-state index contributed by atoms with van der Waals surface area (Å²) in [7, 11) is 2.04. The number of halogens is 1. The number of likely N-dealkylation sites (tertiary alicyclic amines) is 1. The predicted octanol–water partition coefficient (Wildman–Crippen LogP) is 6.75. The highest BCUT2D eigenvalue weighted by Crippen LogP contribution is 2.40. The van der Waals surface area contributed by atoms with Crippen molar-refractivity contribution in [1.29, 1.82) is 0 Å². The lowest BCUT2D eigenvalue weighted by molar-refractivity contribution is 0.0930. The van der Waals surface area contributed by atoms with Crippen LogP contribution in [0.3, 0.4) is 0 Å². The Morgan fingerprint density at radius 2 is 1.60 bits per heavy atom. The average molecular weight is 681 g/mol. The Bertz CT molecular complexity index is 1430. The number of benzene rings is 1. The fourth-order valence-electron chi connectivity index (χ4n) is 5.14. The maximum atomic E-state index is 11.8. The van der Waals surface area contributed by atoms with Gasteiger partial charge >= 0.3 is 0 Å². The number of allylic oxidation sites excluding steroid dienone is 2. The van der Waals surface area contributed by atoms with Gasteiger partial charge in [-0.05, 0) is 69.8 Å². The van der Waals surface area contributed by atoms with Crippen LogP contribution in [0.1, 0.15) is 116 Å². The molecule has 4 fully saturated rings. The van der Waals surface area contributed by atoms with Gasteiger partial charge in [-0.15, -0.1) is 0 Å². The molecule has 2 aromatic heterocycles. The fraction of sp³-hybridized carbons (Fsp3) is 0.568. The first-order valence-corrected chi connectivity index (χ1v) is 17.8. The summed E-state index contributed by atoms with van der Waals surface area (Å²) < 4.78 is 10.0. The van der Waals surface area contributed by atoms with E-state index in [9.17, 15) is 9.59 Å². The van der Waals surface area contributed by atoms with Gasteiger partial charge in [0.1, 0.15) is 17.2 Å². The molecule has 3 aliphatic carbocycles. The van der Waals surface area contributed by atoms with E-state index in [4.69, 9.17) is 20.6 Å². The van der Waals surface area contributed by atoms with E-state index in [-0.39, 0.29) is 11.9 Å². The number of carbonyl (C=O) groups is 2. The number of aromatic nitrogens is 2. The Morgan fingerprint density at radius 1 is 0.979 bits per heavy atom. The van der Waals surface area contributed by atoms with Crippen molar-refractivity contribution in [3.8, 4) is 0 Å². The molecular formula is C37H53ClN6O4. The fourth-order valence-corrected chi connectivity index (χ4v) is 5.27. The molecule has 262 valence electrons. The van der Waals surface area contributed by atoms with E-state index in [2.05, 4.69) is 69.3 Å². The van der Waals surface area contributed by atoms with Crippen molar-refractivity contribution in [3.63, 3.8) is 0 Å². The molecule has 4 heterocycles. The van der Waals surface area contributed by atoms with E-state index in [0.29, 0.717) is 41.0 Å². The smallest absolute Gasteiger partial charge is 0.273 e. The Hall–Kier alpha value is -3.31. The Balaban J connectivity index is 0.000000150. The maximum Gasteiger partial charge on any atom is 0.273 e. The second-order valence-electron chi connectivity index (χ2n) is 13.4. The monoisotopic (exact) mass is 680 g/mol. The van der Waals surface area contributed by atoms with Gasteiger partial charge in [0, 0.05) is 72.7 Å². The molecule has 2 saturated heterocycles. The molecule has 3 aromatic rings. The van der Waals surface area contributed by atoms with Crippen molar-refractivity contribution in [1.82, 2.24) is 31.2 Å². The van der Waals surface area contributed by atoms with E-state index < -0.39 is 0 Å². The summed E-state index contributed by atoms with van der Waals surface area (Å²) in [5.74, 6) is 2.64. The van der Waals surface area contributed by atoms with Gasteiger partial charge < -0.3 is 25.0 Å². The number of hydrogen-bond donors (Lipinski definition) is 3. The van der Waals surface area contributed by atoms with E-state index >= 15 is 0 Å². The summed E-state index contributed by atoms with van der Waals surface area (Å²) in [6.07, 6.45) is 12.0. The number of hydrogen-bond acceptors (Lipinski definition) is 9. The molecule has 1 amide bonds. The van der Waals surface area contributed by atoms with Crippen molar-refractivity contribution >= 4 is 23.8 Å². The van der Waals surface area contributed by atoms with E-state index in [1.165, 1.54) is 31.4 Å². The highest BCUT2D eigenvalue weighted by molar-refractivity contribution is 6.30. The van der Waals surface area contributed by atoms with Gasteiger partial charge in [0.05, 0.1) is 0 Å². The van der Waals surface area contributed by atoms with E-state index in [1.807, 2.05) is 33.0 Å². The number of nitrogens with zero attached hydrogens (tertiary/aromatic N) is 3. The number of nitrogens with one attached hydrogen (secondary N) is 3. The molecule has 3 N–H and O–H groups in total. The standard InChI is InChI=1S/C12H17ClN2.C11H15N3O2.C7H7NO2.C5H8.C2H6/c1-14-12-6-7-15(9-12)8-10-2-4-11(13)5-3-10;15-11(13-8-3-4-12-6-8)9-5-10(16-14-9)7-1-2-7;9-4-6-3-7(10-8-6)5-1-2-5;1-5(2)3-4-5;1-2/h2-5,12,14H,6-9H2,1H3;5,7-8,12H,1-4,6H2,(H,13,15);3-5H,1-2H2;3-4H,1-2H3;1-2H3. The molecule has 5 aliphatic rings. The highest BCUT2D eigenvalue weighted by Gasteiger charge is 2.30. The minimum absolute atomic E-state index is 0.121. The molecular weight excluding hydrogens is 628 g/mol. The lowest BCUT2D eigenvalue weighted by Crippen LogP contribution is -2.36. The van der Waals surface area contributed by atoms with Crippen molar-refractivity contribution in [2.45, 2.75) is 96.7 Å². The molecule has 2 atom stereocenters. The molecule has 11 heteroatoms. The van der Waals surface area contributed by atoms with Crippen molar-refractivity contribution in [3.05, 3.63) is 82.0 Å². The molecule has 2 saturated carbocycles. The third-order valence-corrected chi connectivity index (χ3v) is 8.87. The van der Waals surface area contributed by atoms with Crippen molar-refractivity contribution in [2.24, 2.45) is 5.41 Å². The van der Waals surface area contributed by atoms with Crippen LogP contribution in [0.4, 0.5) is 0 Å². The maximum absolute atomic E-state index is 11.8. The number of amides is 1. The van der Waals surface area contributed by atoms with Crippen molar-refractivity contribution < 1.29 is 18.6 Å². The molecule has 0 spiro atoms. The summed E-state index contributed by atoms with van der Waals surface area (Å²) in [5, 5.41) is 17.7. The van der Waals surface area contributed by atoms with Crippen LogP contribution >= 0.6 is 11.6 Å². The quantitative estimate of drug-likeness (QED) is 0.175. The van der Waals surface area contributed by atoms with Gasteiger partial charge in [0.15, 0.2) is 12.0 Å². The molecule has 1 aromatic carbocycles. The molecule has 2 aliphatic heterocycles. The van der Waals surface area contributed by atoms with Crippen LogP contribution in [0.15, 0.2) is 57.6 Å². The van der Waals surface area contributed by atoms with Crippen molar-refractivity contribution in [2.75, 3.05) is 33.2 Å². The minimum atomic E-state index is -0.121. The molecule has 2 unspecified atom stereocenters. The topological polar surface area (TPSA) is 126 Å². The van der Waals surface area contributed by atoms with Crippen LogP contribution in [0, 0.1) is 5.41 Å². The van der Waals surface area contributed by atoms with Gasteiger partial charge in [-0.2, -0.15) is 0 Å². The third kappa shape index (κ3) is 13.0. The minimum Gasteiger partial charge on any atom is -0.360 e. The zero-order chi connectivity index (χ0) is 34.5. The first kappa shape index (κ1) is 37.5. The van der Waals surface area contributed by atoms with Crippen LogP contribution < -0.4 is 16.0 Å². The normalized spacial score (nSPS) is 21.6. The second kappa shape index (κ2) is 18.5. The third-order valence-electron chi connectivity index (χ3n) is 8.62. The van der Waals surface area contributed by atoms with Gasteiger partial charge in [-0.3, -0.25) is 14.5 Å². The summed E-state index contributed by atoms with van der Waals surface area (Å²) in [5.41, 5.74) is 2.66. The van der Waals surface area contributed by atoms with E-state index in [1.54, 1.807) is 12.1 Å². The van der Waals surface area contributed by atoms with Crippen LogP contribution in [0.25, 0.3) is 0 Å². The molecule has 48 heavy (non-hydrogen) atoms. The van der Waals surface area contributed by atoms with Crippen LogP contribution in [0.2, 0.25) is 5.02 Å². The number of likely N-dealkylation sites (N-methyl/N-ethyl adjacent to an activating group) is 1. The zero-order valence-electron chi connectivity index (χ0n) is 29.1. The summed E-state index contributed by atoms with van der Waals surface area (Å²) in [4.78, 5) is 24.4. The number of rotatable bonds is 8. The number of aldehydes is 1. The second-order valence-corrected chi connectivity index (χ2v) is 13.8. The molecule has 0 bridgehead atoms. The first-order chi connectivity index (χ1) is 23.2. The van der Waals surface area contributed by atoms with Gasteiger partial charge in [-0.1, -0.05) is 73.9 Å². The van der Waals surface area contributed by atoms with Crippen LogP contribution in [0.5, 0.6) is 0 Å². The highest BCUT2D eigenvalue weighted by atomic mass is 35.5. The van der Waals surface area contributed by atoms with Gasteiger partial charge in [-0.25, -0.2) is 0 Å². The lowest BCUT2D eigenvalue weighted by Gasteiger charge is -2.15. The van der Waals surface area contributed by atoms with Gasteiger partial charge in [0.25, 0.3) is 5.91 Å². The van der Waals surface area contributed by atoms with Crippen LogP contribution in [-0.4, -0.2) is 72.7 Å². The first-order valence-electron chi connectivity index (χ1n) is 17.5. The number of carbonyl (C=O) groups excluding carboxylic acids is 2. The van der Waals surface area contributed by atoms with Crippen LogP contribution in [-0.2, 0) is 6.54 Å². The summed E-state index contributed by atoms with van der Waals surface area (Å²) >= 11 is 5.85. The molecule has 8 rings (SSSR count). The summed E-state index contributed by atoms with van der Waals surface area (Å²) in [6.45, 7) is 13.6. The lowest BCUT2D eigenvalue weighted by atomic mass is 10.2. The average Bonchev–Trinajstić information content (AvgIpc) is 4.04. The molecule has 0 radical (unpaired) electrons. The molecule has 10 nitrogen and oxygen atoms in total. The largest absolute Gasteiger partial charge is 0.360 e. The Morgan fingerprint density at radius 3 is 2.10 bits per heavy atom. The zero-order valence-corrected chi connectivity index (χ0v) is 29.9. The van der Waals surface area contributed by atoms with E-state index in [0.717, 1.165) is 62.0 Å². The Kier molecular flexibility index (Phi) is 14.4. The van der Waals surface area contributed by atoms with Gasteiger partial charge in [0.2, 0.25) is 0 Å². The SMILES string of the molecule is CC.CC1(C)C=C1.CNC1CCN(Cc2ccc(Cl)cc2)C1.O=C(NC1CCNC1)c1cc(C2CC2)on1.O=Cc1cc(C2CC2)on1.